The molecule has 5 rings (SSSR count). The van der Waals surface area contributed by atoms with Gasteiger partial charge in [0.25, 0.3) is 0 Å². The average Bonchev–Trinajstić information content (AvgIpc) is 3.40. The second-order valence-corrected chi connectivity index (χ2v) is 6.95. The molecule has 0 unspecified atom stereocenters. The molecule has 0 saturated heterocycles. The number of nitriles is 1. The van der Waals surface area contributed by atoms with Crippen LogP contribution in [0.5, 0.6) is 0 Å². The van der Waals surface area contributed by atoms with E-state index < -0.39 is 0 Å². The highest BCUT2D eigenvalue weighted by molar-refractivity contribution is 5.74. The predicted octanol–water partition coefficient (Wildman–Crippen LogP) is 3.00. The molecule has 4 aromatic heterocycles. The molecule has 1 N–H and O–H groups in total. The molecule has 1 saturated carbocycles. The number of H-pyrrole nitrogens is 1. The summed E-state index contributed by atoms with van der Waals surface area (Å²) in [5.74, 6) is 2.01. The van der Waals surface area contributed by atoms with Gasteiger partial charge >= 0.3 is 0 Å². The molecular formula is C19H17N7. The van der Waals surface area contributed by atoms with Gasteiger partial charge in [0.2, 0.25) is 0 Å². The third kappa shape index (κ3) is 2.42. The molecular weight excluding hydrogens is 326 g/mol. The third-order valence-electron chi connectivity index (χ3n) is 5.33. The first-order valence-corrected chi connectivity index (χ1v) is 8.84. The Morgan fingerprint density at radius 2 is 2.12 bits per heavy atom. The minimum absolute atomic E-state index is 0.397. The standard InChI is InChI=1S/C19H17N7/c20-9-13-2-4-15(22-10-13)8-12-1-3-14(7-12)19-25-24-17-11-23-18-16(26(17)19)5-6-21-18/h2,4-6,10-12,14,21H,1,3,7-8H2/t12-,14-/m1/s1. The van der Waals surface area contributed by atoms with Crippen LogP contribution < -0.4 is 0 Å². The number of aromatic amines is 1. The van der Waals surface area contributed by atoms with Gasteiger partial charge in [-0.05, 0) is 49.8 Å². The predicted molar refractivity (Wildman–Crippen MR) is 95.4 cm³/mol. The maximum Gasteiger partial charge on any atom is 0.179 e. The fourth-order valence-electron chi connectivity index (χ4n) is 4.06. The second kappa shape index (κ2) is 5.92. The number of pyridine rings is 1. The number of hydrogen-bond donors (Lipinski definition) is 1. The van der Waals surface area contributed by atoms with Crippen molar-refractivity contribution in [3.8, 4) is 6.07 Å². The molecule has 0 amide bonds. The van der Waals surface area contributed by atoms with Crippen molar-refractivity contribution in [2.45, 2.75) is 31.6 Å². The lowest BCUT2D eigenvalue weighted by Gasteiger charge is -2.10. The zero-order valence-corrected chi connectivity index (χ0v) is 14.1. The monoisotopic (exact) mass is 343 g/mol. The average molecular weight is 343 g/mol. The highest BCUT2D eigenvalue weighted by Crippen LogP contribution is 2.39. The summed E-state index contributed by atoms with van der Waals surface area (Å²) >= 11 is 0. The van der Waals surface area contributed by atoms with Crippen LogP contribution in [0.15, 0.2) is 36.8 Å². The number of nitrogens with one attached hydrogen (secondary N) is 1. The number of fused-ring (bicyclic) bond motifs is 3. The van der Waals surface area contributed by atoms with E-state index in [-0.39, 0.29) is 0 Å². The van der Waals surface area contributed by atoms with Crippen LogP contribution in [0, 0.1) is 17.2 Å². The molecule has 7 heteroatoms. The van der Waals surface area contributed by atoms with Crippen molar-refractivity contribution in [3.05, 3.63) is 53.9 Å². The normalized spacial score (nSPS) is 20.0. The van der Waals surface area contributed by atoms with Gasteiger partial charge < -0.3 is 4.98 Å². The molecule has 4 aromatic rings. The fourth-order valence-corrected chi connectivity index (χ4v) is 4.06. The quantitative estimate of drug-likeness (QED) is 0.617. The van der Waals surface area contributed by atoms with Crippen molar-refractivity contribution >= 4 is 16.8 Å². The lowest BCUT2D eigenvalue weighted by molar-refractivity contribution is 0.524. The van der Waals surface area contributed by atoms with E-state index in [9.17, 15) is 0 Å². The van der Waals surface area contributed by atoms with Crippen LogP contribution in [0.1, 0.15) is 42.3 Å². The SMILES string of the molecule is N#Cc1ccc(C[C@@H]2CC[C@@H](c3nnc4cnc5[nH]ccc5n34)C2)nc1. The lowest BCUT2D eigenvalue weighted by atomic mass is 9.99. The van der Waals surface area contributed by atoms with Crippen molar-refractivity contribution in [1.29, 1.82) is 5.26 Å². The van der Waals surface area contributed by atoms with Crippen LogP contribution in [0.4, 0.5) is 0 Å². The van der Waals surface area contributed by atoms with Crippen LogP contribution >= 0.6 is 0 Å². The number of aromatic nitrogens is 6. The summed E-state index contributed by atoms with van der Waals surface area (Å²) in [7, 11) is 0. The van der Waals surface area contributed by atoms with Gasteiger partial charge in [0.1, 0.15) is 11.9 Å². The number of hydrogen-bond acceptors (Lipinski definition) is 5. The Balaban J connectivity index is 1.39. The van der Waals surface area contributed by atoms with Gasteiger partial charge in [-0.25, -0.2) is 4.98 Å². The summed E-state index contributed by atoms with van der Waals surface area (Å²) in [5.41, 5.74) is 4.34. The highest BCUT2D eigenvalue weighted by atomic mass is 15.3. The Labute approximate surface area is 149 Å². The van der Waals surface area contributed by atoms with Crippen LogP contribution in [-0.2, 0) is 6.42 Å². The largest absolute Gasteiger partial charge is 0.345 e. The highest BCUT2D eigenvalue weighted by Gasteiger charge is 2.30. The molecule has 1 aliphatic carbocycles. The molecule has 0 spiro atoms. The molecule has 1 aliphatic rings. The van der Waals surface area contributed by atoms with Crippen molar-refractivity contribution in [2.75, 3.05) is 0 Å². The smallest absolute Gasteiger partial charge is 0.179 e. The van der Waals surface area contributed by atoms with E-state index in [4.69, 9.17) is 5.26 Å². The van der Waals surface area contributed by atoms with E-state index in [0.29, 0.717) is 17.4 Å². The molecule has 1 fully saturated rings. The maximum atomic E-state index is 8.89. The fraction of sp³-hybridized carbons (Fsp3) is 0.316. The second-order valence-electron chi connectivity index (χ2n) is 6.95. The van der Waals surface area contributed by atoms with Crippen LogP contribution in [0.25, 0.3) is 16.8 Å². The molecule has 4 heterocycles. The van der Waals surface area contributed by atoms with Gasteiger partial charge in [-0.15, -0.1) is 10.2 Å². The van der Waals surface area contributed by atoms with E-state index in [2.05, 4.69) is 35.6 Å². The molecule has 0 bridgehead atoms. The molecule has 0 aliphatic heterocycles. The third-order valence-corrected chi connectivity index (χ3v) is 5.33. The van der Waals surface area contributed by atoms with Gasteiger partial charge in [-0.3, -0.25) is 9.38 Å². The van der Waals surface area contributed by atoms with Crippen molar-refractivity contribution in [2.24, 2.45) is 5.92 Å². The molecule has 7 nitrogen and oxygen atoms in total. The molecule has 128 valence electrons. The van der Waals surface area contributed by atoms with E-state index in [1.165, 1.54) is 0 Å². The Bertz CT molecular complexity index is 1120. The Morgan fingerprint density at radius 1 is 1.15 bits per heavy atom. The molecule has 2 atom stereocenters. The topological polar surface area (TPSA) is 95.5 Å². The Morgan fingerprint density at radius 3 is 2.96 bits per heavy atom. The summed E-state index contributed by atoms with van der Waals surface area (Å²) < 4.78 is 2.13. The summed E-state index contributed by atoms with van der Waals surface area (Å²) in [6.45, 7) is 0. The Hall–Kier alpha value is -3.27. The van der Waals surface area contributed by atoms with Gasteiger partial charge in [-0.1, -0.05) is 0 Å². The zero-order valence-electron chi connectivity index (χ0n) is 14.1. The summed E-state index contributed by atoms with van der Waals surface area (Å²) in [6, 6.07) is 7.95. The minimum atomic E-state index is 0.397. The van der Waals surface area contributed by atoms with Gasteiger partial charge in [-0.2, -0.15) is 5.26 Å². The van der Waals surface area contributed by atoms with Gasteiger partial charge in [0, 0.05) is 24.0 Å². The summed E-state index contributed by atoms with van der Waals surface area (Å²) in [4.78, 5) is 12.0. The van der Waals surface area contributed by atoms with Crippen LogP contribution in [-0.4, -0.2) is 29.5 Å². The van der Waals surface area contributed by atoms with E-state index in [1.54, 1.807) is 12.4 Å². The number of nitrogens with zero attached hydrogens (tertiary/aromatic N) is 6. The molecule has 0 radical (unpaired) electrons. The van der Waals surface area contributed by atoms with Gasteiger partial charge in [0.05, 0.1) is 17.3 Å². The van der Waals surface area contributed by atoms with Crippen molar-refractivity contribution < 1.29 is 0 Å². The van der Waals surface area contributed by atoms with Crippen molar-refractivity contribution in [1.82, 2.24) is 29.5 Å². The van der Waals surface area contributed by atoms with Gasteiger partial charge in [0.15, 0.2) is 11.3 Å². The van der Waals surface area contributed by atoms with E-state index in [0.717, 1.165) is 54.0 Å². The first kappa shape index (κ1) is 15.0. The maximum absolute atomic E-state index is 8.89. The molecule has 0 aromatic carbocycles. The summed E-state index contributed by atoms with van der Waals surface area (Å²) in [6.07, 6.45) is 9.61. The first-order chi connectivity index (χ1) is 12.8. The van der Waals surface area contributed by atoms with E-state index >= 15 is 0 Å². The number of rotatable bonds is 3. The first-order valence-electron chi connectivity index (χ1n) is 8.84. The minimum Gasteiger partial charge on any atom is -0.345 e. The zero-order chi connectivity index (χ0) is 17.5. The van der Waals surface area contributed by atoms with E-state index in [1.807, 2.05) is 24.4 Å². The van der Waals surface area contributed by atoms with Crippen molar-refractivity contribution in [3.63, 3.8) is 0 Å². The van der Waals surface area contributed by atoms with Crippen LogP contribution in [0.2, 0.25) is 0 Å². The molecule has 26 heavy (non-hydrogen) atoms. The lowest BCUT2D eigenvalue weighted by Crippen LogP contribution is -2.05. The van der Waals surface area contributed by atoms with Crippen LogP contribution in [0.3, 0.4) is 0 Å². The Kier molecular flexibility index (Phi) is 3.42. The summed E-state index contributed by atoms with van der Waals surface area (Å²) in [5, 5.41) is 17.7.